The van der Waals surface area contributed by atoms with Crippen molar-refractivity contribution in [1.29, 1.82) is 0 Å². The molecule has 1 unspecified atom stereocenters. The van der Waals surface area contributed by atoms with Crippen LogP contribution in [0.5, 0.6) is 0 Å². The second kappa shape index (κ2) is 8.53. The van der Waals surface area contributed by atoms with Crippen molar-refractivity contribution in [1.82, 2.24) is 20.4 Å². The average molecular weight is 466 g/mol. The zero-order valence-corrected chi connectivity index (χ0v) is 19.2. The summed E-state index contributed by atoms with van der Waals surface area (Å²) in [5.74, 6) is 0. The minimum atomic E-state index is 0.155. The van der Waals surface area contributed by atoms with Gasteiger partial charge in [-0.2, -0.15) is 10.2 Å². The van der Waals surface area contributed by atoms with Gasteiger partial charge in [0.15, 0.2) is 0 Å². The summed E-state index contributed by atoms with van der Waals surface area (Å²) in [6.07, 6.45) is 3.33. The number of hydrogen-bond acceptors (Lipinski definition) is 4. The Kier molecular flexibility index (Phi) is 6.00. The van der Waals surface area contributed by atoms with Crippen molar-refractivity contribution >= 4 is 68.0 Å². The maximum atomic E-state index is 6.53. The monoisotopic (exact) mass is 464 g/mol. The molecule has 9 heteroatoms. The Balaban J connectivity index is 1.50. The third-order valence-electron chi connectivity index (χ3n) is 5.00. The lowest BCUT2D eigenvalue weighted by Crippen LogP contribution is -2.16. The van der Waals surface area contributed by atoms with Crippen LogP contribution in [-0.4, -0.2) is 32.5 Å². The van der Waals surface area contributed by atoms with E-state index in [4.69, 9.17) is 34.8 Å². The number of nitrogens with zero attached hydrogens (tertiary/aromatic N) is 2. The number of benzene rings is 2. The first-order valence-corrected chi connectivity index (χ1v) is 11.0. The molecule has 6 nitrogen and oxygen atoms in total. The predicted molar refractivity (Wildman–Crippen MR) is 127 cm³/mol. The molecular formula is C21H23Cl3N6. The Morgan fingerprint density at radius 1 is 0.933 bits per heavy atom. The molecule has 2 heterocycles. The number of H-pyrrole nitrogens is 2. The summed E-state index contributed by atoms with van der Waals surface area (Å²) >= 11 is 19.3. The maximum absolute atomic E-state index is 6.53. The molecule has 0 amide bonds. The van der Waals surface area contributed by atoms with Gasteiger partial charge in [0.25, 0.3) is 0 Å². The van der Waals surface area contributed by atoms with Crippen molar-refractivity contribution in [3.63, 3.8) is 0 Å². The van der Waals surface area contributed by atoms with Gasteiger partial charge in [-0.1, -0.05) is 34.8 Å². The van der Waals surface area contributed by atoms with Crippen molar-refractivity contribution in [3.05, 3.63) is 45.2 Å². The number of hydrogen-bond donors (Lipinski definition) is 4. The first kappa shape index (κ1) is 21.1. The molecule has 0 saturated heterocycles. The smallest absolute Gasteiger partial charge is 0.0853 e. The number of rotatable bonds is 7. The Morgan fingerprint density at radius 2 is 1.67 bits per heavy atom. The molecular weight excluding hydrogens is 443 g/mol. The quantitative estimate of drug-likeness (QED) is 0.246. The van der Waals surface area contributed by atoms with Crippen LogP contribution in [0, 0.1) is 0 Å². The first-order valence-electron chi connectivity index (χ1n) is 9.84. The van der Waals surface area contributed by atoms with Gasteiger partial charge in [0.05, 0.1) is 43.7 Å². The van der Waals surface area contributed by atoms with Crippen LogP contribution in [0.3, 0.4) is 0 Å². The molecule has 4 rings (SSSR count). The lowest BCUT2D eigenvalue weighted by molar-refractivity contribution is 0.696. The molecule has 0 aliphatic heterocycles. The van der Waals surface area contributed by atoms with E-state index in [2.05, 4.69) is 57.9 Å². The van der Waals surface area contributed by atoms with Crippen LogP contribution in [0.25, 0.3) is 21.8 Å². The van der Waals surface area contributed by atoms with Crippen molar-refractivity contribution < 1.29 is 0 Å². The summed E-state index contributed by atoms with van der Waals surface area (Å²) < 4.78 is 0. The molecule has 1 atom stereocenters. The highest BCUT2D eigenvalue weighted by Gasteiger charge is 2.15. The fourth-order valence-electron chi connectivity index (χ4n) is 3.58. The van der Waals surface area contributed by atoms with Gasteiger partial charge < -0.3 is 10.6 Å². The normalized spacial score (nSPS) is 12.8. The van der Waals surface area contributed by atoms with E-state index in [-0.39, 0.29) is 6.04 Å². The average Bonchev–Trinajstić information content (AvgIpc) is 3.31. The molecule has 4 N–H and O–H groups in total. The molecule has 0 spiro atoms. The van der Waals surface area contributed by atoms with Gasteiger partial charge in [-0.05, 0) is 51.8 Å². The second-order valence-corrected chi connectivity index (χ2v) is 9.01. The standard InChI is InChI=1S/C21H23Cl3N6/c1-10(2)26-12-6-13-17(28-30-20(13)15(22)7-12)5-4-11(3)27-18-8-16(23)21-14(19(18)24)9-25-29-21/h6-11,26-27H,4-5H2,1-3H3,(H,25,29)(H,28,30). The lowest BCUT2D eigenvalue weighted by atomic mass is 10.1. The van der Waals surface area contributed by atoms with Gasteiger partial charge in [0.1, 0.15) is 0 Å². The van der Waals surface area contributed by atoms with Crippen molar-refractivity contribution in [3.8, 4) is 0 Å². The second-order valence-electron chi connectivity index (χ2n) is 7.81. The van der Waals surface area contributed by atoms with E-state index in [9.17, 15) is 0 Å². The molecule has 0 aliphatic carbocycles. The summed E-state index contributed by atoms with van der Waals surface area (Å²) in [4.78, 5) is 0. The lowest BCUT2D eigenvalue weighted by Gasteiger charge is -2.17. The number of aromatic nitrogens is 4. The highest BCUT2D eigenvalue weighted by Crippen LogP contribution is 2.36. The molecule has 2 aromatic carbocycles. The predicted octanol–water partition coefficient (Wildman–Crippen LogP) is 6.65. The zero-order valence-electron chi connectivity index (χ0n) is 16.9. The molecule has 4 aromatic rings. The van der Waals surface area contributed by atoms with E-state index in [1.165, 1.54) is 0 Å². The molecule has 0 saturated carbocycles. The molecule has 0 aliphatic rings. The van der Waals surface area contributed by atoms with Gasteiger partial charge in [0, 0.05) is 28.5 Å². The zero-order chi connectivity index (χ0) is 21.4. The molecule has 0 radical (unpaired) electrons. The van der Waals surface area contributed by atoms with Gasteiger partial charge in [0.2, 0.25) is 0 Å². The minimum Gasteiger partial charge on any atom is -0.383 e. The Bertz CT molecular complexity index is 1200. The summed E-state index contributed by atoms with van der Waals surface area (Å²) in [6.45, 7) is 6.30. The van der Waals surface area contributed by atoms with Crippen LogP contribution in [0.4, 0.5) is 11.4 Å². The van der Waals surface area contributed by atoms with E-state index in [1.807, 2.05) is 12.1 Å². The summed E-state index contributed by atoms with van der Waals surface area (Å²) in [5, 5.41) is 25.0. The number of aryl methyl sites for hydroxylation is 1. The number of fused-ring (bicyclic) bond motifs is 2. The summed E-state index contributed by atoms with van der Waals surface area (Å²) in [7, 11) is 0. The van der Waals surface area contributed by atoms with E-state index >= 15 is 0 Å². The maximum Gasteiger partial charge on any atom is 0.0853 e. The highest BCUT2D eigenvalue weighted by atomic mass is 35.5. The largest absolute Gasteiger partial charge is 0.383 e. The van der Waals surface area contributed by atoms with Crippen molar-refractivity contribution in [2.24, 2.45) is 0 Å². The Morgan fingerprint density at radius 3 is 2.43 bits per heavy atom. The number of halogens is 3. The van der Waals surface area contributed by atoms with Gasteiger partial charge in [-0.25, -0.2) is 0 Å². The van der Waals surface area contributed by atoms with Crippen LogP contribution in [0.2, 0.25) is 15.1 Å². The highest BCUT2D eigenvalue weighted by molar-refractivity contribution is 6.42. The van der Waals surface area contributed by atoms with Gasteiger partial charge >= 0.3 is 0 Å². The third kappa shape index (κ3) is 4.17. The third-order valence-corrected chi connectivity index (χ3v) is 6.00. The van der Waals surface area contributed by atoms with Gasteiger partial charge in [-0.3, -0.25) is 10.2 Å². The van der Waals surface area contributed by atoms with Crippen molar-refractivity contribution in [2.75, 3.05) is 10.6 Å². The Hall–Kier alpha value is -2.15. The van der Waals surface area contributed by atoms with E-state index in [1.54, 1.807) is 6.20 Å². The minimum absolute atomic E-state index is 0.155. The summed E-state index contributed by atoms with van der Waals surface area (Å²) in [6, 6.07) is 6.33. The molecule has 0 bridgehead atoms. The summed E-state index contributed by atoms with van der Waals surface area (Å²) in [5.41, 5.74) is 4.38. The van der Waals surface area contributed by atoms with Crippen LogP contribution >= 0.6 is 34.8 Å². The molecule has 158 valence electrons. The fraction of sp³-hybridized carbons (Fsp3) is 0.333. The molecule has 0 fully saturated rings. The van der Waals surface area contributed by atoms with E-state index in [0.29, 0.717) is 21.1 Å². The number of nitrogens with one attached hydrogen (secondary N) is 4. The van der Waals surface area contributed by atoms with Crippen LogP contribution < -0.4 is 10.6 Å². The number of aromatic amines is 2. The van der Waals surface area contributed by atoms with E-state index < -0.39 is 0 Å². The van der Waals surface area contributed by atoms with Crippen LogP contribution in [0.1, 0.15) is 32.9 Å². The van der Waals surface area contributed by atoms with Crippen LogP contribution in [-0.2, 0) is 6.42 Å². The number of anilines is 2. The Labute approximate surface area is 189 Å². The first-order chi connectivity index (χ1) is 14.3. The SMILES string of the molecule is CC(C)Nc1cc(Cl)c2[nH]nc(CCC(C)Nc3cc(Cl)c4[nH]ncc4c3Cl)c2c1. The van der Waals surface area contributed by atoms with E-state index in [0.717, 1.165) is 51.7 Å². The fourth-order valence-corrected chi connectivity index (χ4v) is 4.34. The molecule has 2 aromatic heterocycles. The van der Waals surface area contributed by atoms with Crippen molar-refractivity contribution in [2.45, 2.75) is 45.7 Å². The van der Waals surface area contributed by atoms with Crippen LogP contribution in [0.15, 0.2) is 24.4 Å². The van der Waals surface area contributed by atoms with Gasteiger partial charge in [-0.15, -0.1) is 0 Å². The topological polar surface area (TPSA) is 81.4 Å². The molecule has 30 heavy (non-hydrogen) atoms.